The molecule has 1 aliphatic heterocycles. The van der Waals surface area contributed by atoms with Crippen molar-refractivity contribution in [3.63, 3.8) is 0 Å². The van der Waals surface area contributed by atoms with Crippen molar-refractivity contribution in [3.05, 3.63) is 35.7 Å². The lowest BCUT2D eigenvalue weighted by Crippen LogP contribution is -2.65. The highest BCUT2D eigenvalue weighted by molar-refractivity contribution is 7.99. The summed E-state index contributed by atoms with van der Waals surface area (Å²) in [4.78, 5) is 47.6. The van der Waals surface area contributed by atoms with Gasteiger partial charge in [0.15, 0.2) is 23.2 Å². The van der Waals surface area contributed by atoms with E-state index in [-0.39, 0.29) is 13.2 Å². The smallest absolute Gasteiger partial charge is 0.303 e. The lowest BCUT2D eigenvalue weighted by molar-refractivity contribution is -0.211. The van der Waals surface area contributed by atoms with Gasteiger partial charge in [-0.15, -0.1) is 10.2 Å². The normalized spacial score (nSPS) is 22.5. The number of nitrogens with zero attached hydrogens (tertiary/aromatic N) is 3. The van der Waals surface area contributed by atoms with Crippen molar-refractivity contribution in [2.45, 2.75) is 76.2 Å². The van der Waals surface area contributed by atoms with Gasteiger partial charge in [-0.25, -0.2) is 0 Å². The van der Waals surface area contributed by atoms with E-state index in [0.29, 0.717) is 16.7 Å². The highest BCUT2D eigenvalue weighted by atomic mass is 32.2. The second-order valence-electron chi connectivity index (χ2n) is 8.85. The van der Waals surface area contributed by atoms with Gasteiger partial charge in [0, 0.05) is 34.7 Å². The molecule has 1 aromatic heterocycles. The van der Waals surface area contributed by atoms with E-state index in [1.165, 1.54) is 27.7 Å². The molecule has 2 heterocycles. The molecule has 1 aromatic carbocycles. The Hall–Kier alpha value is -3.65. The first-order valence-corrected chi connectivity index (χ1v) is 13.0. The van der Waals surface area contributed by atoms with Crippen LogP contribution in [-0.2, 0) is 51.8 Å². The maximum Gasteiger partial charge on any atom is 0.303 e. The quantitative estimate of drug-likeness (QED) is 0.328. The van der Waals surface area contributed by atoms with E-state index < -0.39 is 53.6 Å². The van der Waals surface area contributed by atoms with Gasteiger partial charge in [0.25, 0.3) is 0 Å². The largest absolute Gasteiger partial charge is 0.485 e. The van der Waals surface area contributed by atoms with Crippen molar-refractivity contribution in [1.29, 1.82) is 0 Å². The number of amides is 1. The summed E-state index contributed by atoms with van der Waals surface area (Å²) < 4.78 is 29.9. The standard InChI is InChI=1S/C25H32N4O9S/c1-13-9-7-8-10-18(13)35-12-20-27-28-25(29(20)6)39-24-21(26-14(2)30)23(37-17(5)33)22(36-16(4)32)19(38-24)11-34-15(3)31/h7-10,19,21-24H,11-12H2,1-6H3,(H,26,30)/t19-,21+,22+,23-,24+/m1/s1. The highest BCUT2D eigenvalue weighted by Crippen LogP contribution is 2.35. The van der Waals surface area contributed by atoms with Crippen molar-refractivity contribution < 1.29 is 42.9 Å². The van der Waals surface area contributed by atoms with Gasteiger partial charge in [0.2, 0.25) is 5.91 Å². The number of aryl methyl sites for hydroxylation is 1. The maximum absolute atomic E-state index is 12.1. The lowest BCUT2D eigenvalue weighted by atomic mass is 9.97. The van der Waals surface area contributed by atoms with Crippen LogP contribution in [0, 0.1) is 6.92 Å². The lowest BCUT2D eigenvalue weighted by Gasteiger charge is -2.44. The van der Waals surface area contributed by atoms with Crippen LogP contribution in [-0.4, -0.2) is 75.0 Å². The molecule has 1 saturated heterocycles. The van der Waals surface area contributed by atoms with Gasteiger partial charge in [0.1, 0.15) is 36.5 Å². The zero-order valence-electron chi connectivity index (χ0n) is 22.5. The molecule has 39 heavy (non-hydrogen) atoms. The molecular formula is C25H32N4O9S. The number of thioether (sulfide) groups is 1. The molecule has 0 saturated carbocycles. The van der Waals surface area contributed by atoms with Crippen molar-refractivity contribution in [3.8, 4) is 5.75 Å². The van der Waals surface area contributed by atoms with Crippen molar-refractivity contribution >= 4 is 35.6 Å². The van der Waals surface area contributed by atoms with Crippen LogP contribution in [0.4, 0.5) is 0 Å². The predicted octanol–water partition coefficient (Wildman–Crippen LogP) is 1.45. The Morgan fingerprint density at radius 2 is 1.67 bits per heavy atom. The summed E-state index contributed by atoms with van der Waals surface area (Å²) in [5.41, 5.74) is 0.0688. The summed E-state index contributed by atoms with van der Waals surface area (Å²) >= 11 is 1.10. The number of hydrogen-bond acceptors (Lipinski definition) is 12. The Balaban J connectivity index is 1.89. The molecular weight excluding hydrogens is 532 g/mol. The second kappa shape index (κ2) is 13.4. The molecule has 0 unspecified atom stereocenters. The van der Waals surface area contributed by atoms with E-state index >= 15 is 0 Å². The average molecular weight is 565 g/mol. The minimum Gasteiger partial charge on any atom is -0.485 e. The van der Waals surface area contributed by atoms with Crippen LogP contribution in [0.5, 0.6) is 5.75 Å². The molecule has 0 radical (unpaired) electrons. The van der Waals surface area contributed by atoms with Gasteiger partial charge in [-0.05, 0) is 18.6 Å². The minimum atomic E-state index is -1.17. The number of rotatable bonds is 10. The van der Waals surface area contributed by atoms with E-state index in [0.717, 1.165) is 17.3 Å². The number of benzene rings is 1. The number of esters is 3. The molecule has 14 heteroatoms. The number of para-hydroxylation sites is 1. The molecule has 2 aromatic rings. The summed E-state index contributed by atoms with van der Waals surface area (Å²) in [6.07, 6.45) is -3.34. The zero-order chi connectivity index (χ0) is 28.7. The Labute approximate surface area is 229 Å². The highest BCUT2D eigenvalue weighted by Gasteiger charge is 2.51. The Morgan fingerprint density at radius 3 is 2.28 bits per heavy atom. The number of carbonyl (C=O) groups is 4. The fourth-order valence-electron chi connectivity index (χ4n) is 3.93. The van der Waals surface area contributed by atoms with Crippen LogP contribution in [0.2, 0.25) is 0 Å². The number of carbonyl (C=O) groups excluding carboxylic acids is 4. The van der Waals surface area contributed by atoms with E-state index in [9.17, 15) is 19.2 Å². The summed E-state index contributed by atoms with van der Waals surface area (Å²) in [7, 11) is 1.75. The Bertz CT molecular complexity index is 1200. The average Bonchev–Trinajstić information content (AvgIpc) is 3.19. The maximum atomic E-state index is 12.1. The zero-order valence-corrected chi connectivity index (χ0v) is 23.4. The van der Waals surface area contributed by atoms with Crippen LogP contribution in [0.25, 0.3) is 0 Å². The molecule has 5 atom stereocenters. The van der Waals surface area contributed by atoms with Gasteiger partial charge >= 0.3 is 17.9 Å². The Kier molecular flexibility index (Phi) is 10.3. The van der Waals surface area contributed by atoms with Crippen LogP contribution in [0.3, 0.4) is 0 Å². The molecule has 212 valence electrons. The molecule has 13 nitrogen and oxygen atoms in total. The van der Waals surface area contributed by atoms with Gasteiger partial charge in [0.05, 0.1) is 0 Å². The van der Waals surface area contributed by atoms with Crippen LogP contribution in [0.15, 0.2) is 29.4 Å². The summed E-state index contributed by atoms with van der Waals surface area (Å²) in [6.45, 7) is 6.68. The first kappa shape index (κ1) is 29.9. The van der Waals surface area contributed by atoms with Gasteiger partial charge in [-0.1, -0.05) is 30.0 Å². The number of ether oxygens (including phenoxy) is 5. The van der Waals surface area contributed by atoms with E-state index in [2.05, 4.69) is 15.5 Å². The monoisotopic (exact) mass is 564 g/mol. The molecule has 0 aliphatic carbocycles. The fourth-order valence-corrected chi connectivity index (χ4v) is 5.06. The molecule has 3 rings (SSSR count). The SMILES string of the molecule is CC(=O)N[C@H]1[C@@H](OC(C)=O)[C@@H](OC(C)=O)[C@@H](COC(C)=O)O[C@H]1Sc1nnc(COc2ccccc2C)n1C. The van der Waals surface area contributed by atoms with Gasteiger partial charge < -0.3 is 33.6 Å². The predicted molar refractivity (Wildman–Crippen MR) is 136 cm³/mol. The number of hydrogen-bond donors (Lipinski definition) is 1. The van der Waals surface area contributed by atoms with Crippen molar-refractivity contribution in [1.82, 2.24) is 20.1 Å². The van der Waals surface area contributed by atoms with Crippen LogP contribution < -0.4 is 10.1 Å². The fraction of sp³-hybridized carbons (Fsp3) is 0.520. The third-order valence-corrected chi connectivity index (χ3v) is 6.87. The minimum absolute atomic E-state index is 0.148. The van der Waals surface area contributed by atoms with E-state index in [1.807, 2.05) is 31.2 Å². The first-order chi connectivity index (χ1) is 18.5. The summed E-state index contributed by atoms with van der Waals surface area (Å²) in [5, 5.41) is 11.6. The third kappa shape index (κ3) is 8.17. The molecule has 1 aliphatic rings. The number of aromatic nitrogens is 3. The second-order valence-corrected chi connectivity index (χ2v) is 9.92. The molecule has 0 bridgehead atoms. The van der Waals surface area contributed by atoms with E-state index in [1.54, 1.807) is 11.6 Å². The van der Waals surface area contributed by atoms with Crippen molar-refractivity contribution in [2.24, 2.45) is 7.05 Å². The third-order valence-electron chi connectivity index (χ3n) is 5.67. The van der Waals surface area contributed by atoms with Crippen LogP contribution in [0.1, 0.15) is 39.1 Å². The van der Waals surface area contributed by atoms with Crippen molar-refractivity contribution in [2.75, 3.05) is 6.61 Å². The first-order valence-electron chi connectivity index (χ1n) is 12.1. The summed E-state index contributed by atoms with van der Waals surface area (Å²) in [6, 6.07) is 6.62. The van der Waals surface area contributed by atoms with Gasteiger partial charge in [-0.2, -0.15) is 0 Å². The Morgan fingerprint density at radius 1 is 1.00 bits per heavy atom. The molecule has 0 spiro atoms. The topological polar surface area (TPSA) is 157 Å². The summed E-state index contributed by atoms with van der Waals surface area (Å²) in [5.74, 6) is -1.12. The van der Waals surface area contributed by atoms with Gasteiger partial charge in [-0.3, -0.25) is 19.2 Å². The van der Waals surface area contributed by atoms with Crippen LogP contribution >= 0.6 is 11.8 Å². The van der Waals surface area contributed by atoms with E-state index in [4.69, 9.17) is 23.7 Å². The molecule has 1 amide bonds. The number of nitrogens with one attached hydrogen (secondary N) is 1. The molecule has 1 N–H and O–H groups in total. The molecule has 1 fully saturated rings.